The smallest absolute Gasteiger partial charge is 0.309 e. The molecule has 2 amide bonds. The first-order chi connectivity index (χ1) is 16.2. The SMILES string of the molecule is COc1ccccc1CNC(=O)C(=O)NC[C@H](c1cccc2ccccc12)N1CCOCC1. The van der Waals surface area contributed by atoms with E-state index in [1.54, 1.807) is 7.11 Å². The van der Waals surface area contributed by atoms with Gasteiger partial charge in [-0.1, -0.05) is 60.7 Å². The average Bonchev–Trinajstić information content (AvgIpc) is 2.88. The highest BCUT2D eigenvalue weighted by atomic mass is 16.5. The molecule has 1 aliphatic rings. The second-order valence-corrected chi connectivity index (χ2v) is 7.94. The topological polar surface area (TPSA) is 79.9 Å². The summed E-state index contributed by atoms with van der Waals surface area (Å²) in [5, 5.41) is 7.82. The van der Waals surface area contributed by atoms with Gasteiger partial charge in [-0.05, 0) is 22.4 Å². The third-order valence-electron chi connectivity index (χ3n) is 5.96. The first kappa shape index (κ1) is 22.8. The van der Waals surface area contributed by atoms with Gasteiger partial charge in [-0.15, -0.1) is 0 Å². The lowest BCUT2D eigenvalue weighted by Gasteiger charge is -2.35. The van der Waals surface area contributed by atoms with Gasteiger partial charge in [0.25, 0.3) is 0 Å². The number of benzene rings is 3. The fourth-order valence-electron chi connectivity index (χ4n) is 4.24. The van der Waals surface area contributed by atoms with E-state index in [9.17, 15) is 9.59 Å². The minimum absolute atomic E-state index is 0.0639. The molecule has 0 spiro atoms. The molecule has 0 aromatic heterocycles. The van der Waals surface area contributed by atoms with Crippen LogP contribution in [0.3, 0.4) is 0 Å². The van der Waals surface area contributed by atoms with Crippen LogP contribution in [0.4, 0.5) is 0 Å². The summed E-state index contributed by atoms with van der Waals surface area (Å²) >= 11 is 0. The zero-order chi connectivity index (χ0) is 23.0. The number of carbonyl (C=O) groups is 2. The predicted octanol–water partition coefficient (Wildman–Crippen LogP) is 2.65. The number of morpholine rings is 1. The van der Waals surface area contributed by atoms with Crippen LogP contribution in [0.5, 0.6) is 5.75 Å². The summed E-state index contributed by atoms with van der Waals surface area (Å²) < 4.78 is 10.8. The minimum Gasteiger partial charge on any atom is -0.496 e. The normalized spacial score (nSPS) is 15.1. The molecule has 3 aromatic carbocycles. The van der Waals surface area contributed by atoms with Crippen LogP contribution in [0.1, 0.15) is 17.2 Å². The molecule has 1 aliphatic heterocycles. The zero-order valence-electron chi connectivity index (χ0n) is 18.8. The van der Waals surface area contributed by atoms with Crippen molar-refractivity contribution in [1.82, 2.24) is 15.5 Å². The largest absolute Gasteiger partial charge is 0.496 e. The number of ether oxygens (including phenoxy) is 2. The van der Waals surface area contributed by atoms with E-state index in [1.165, 1.54) is 0 Å². The average molecular weight is 448 g/mol. The maximum Gasteiger partial charge on any atom is 0.309 e. The van der Waals surface area contributed by atoms with Gasteiger partial charge in [0.15, 0.2) is 0 Å². The van der Waals surface area contributed by atoms with Crippen LogP contribution in [0.25, 0.3) is 10.8 Å². The summed E-state index contributed by atoms with van der Waals surface area (Å²) in [5.74, 6) is -0.649. The fraction of sp³-hybridized carbons (Fsp3) is 0.308. The number of rotatable bonds is 7. The summed E-state index contributed by atoms with van der Waals surface area (Å²) in [6, 6.07) is 21.8. The summed E-state index contributed by atoms with van der Waals surface area (Å²) in [4.78, 5) is 27.4. The third-order valence-corrected chi connectivity index (χ3v) is 5.96. The number of hydrogen-bond acceptors (Lipinski definition) is 5. The standard InChI is InChI=1S/C26H29N3O4/c1-32-24-12-5-3-8-20(24)17-27-25(30)26(31)28-18-23(29-13-15-33-16-14-29)22-11-6-9-19-7-2-4-10-21(19)22/h2-12,23H,13-18H2,1H3,(H,27,30)(H,28,31)/t23-/m1/s1. The molecule has 1 heterocycles. The zero-order valence-corrected chi connectivity index (χ0v) is 18.8. The molecule has 0 saturated carbocycles. The second kappa shape index (κ2) is 10.9. The number of nitrogens with zero attached hydrogens (tertiary/aromatic N) is 1. The van der Waals surface area contributed by atoms with Crippen molar-refractivity contribution in [3.8, 4) is 5.75 Å². The van der Waals surface area contributed by atoms with Gasteiger partial charge < -0.3 is 20.1 Å². The lowest BCUT2D eigenvalue weighted by molar-refractivity contribution is -0.139. The third kappa shape index (κ3) is 5.50. The molecule has 3 aromatic rings. The maximum atomic E-state index is 12.6. The molecule has 1 atom stereocenters. The Morgan fingerprint density at radius 3 is 2.45 bits per heavy atom. The molecular formula is C26H29N3O4. The quantitative estimate of drug-likeness (QED) is 0.545. The molecule has 7 heteroatoms. The van der Waals surface area contributed by atoms with Gasteiger partial charge in [0.05, 0.1) is 26.4 Å². The molecule has 2 N–H and O–H groups in total. The predicted molar refractivity (Wildman–Crippen MR) is 127 cm³/mol. The molecule has 1 saturated heterocycles. The summed E-state index contributed by atoms with van der Waals surface area (Å²) in [5.41, 5.74) is 1.94. The molecule has 0 unspecified atom stereocenters. The number of para-hydroxylation sites is 1. The van der Waals surface area contributed by atoms with E-state index >= 15 is 0 Å². The summed E-state index contributed by atoms with van der Waals surface area (Å²) in [7, 11) is 1.58. The van der Waals surface area contributed by atoms with E-state index in [2.05, 4.69) is 39.8 Å². The van der Waals surface area contributed by atoms with Crippen LogP contribution in [0.2, 0.25) is 0 Å². The molecule has 7 nitrogen and oxygen atoms in total. The van der Waals surface area contributed by atoms with Crippen molar-refractivity contribution in [1.29, 1.82) is 0 Å². The molecule has 4 rings (SSSR count). The Balaban J connectivity index is 1.45. The minimum atomic E-state index is -0.667. The Labute approximate surface area is 193 Å². The van der Waals surface area contributed by atoms with E-state index in [0.29, 0.717) is 25.5 Å². The van der Waals surface area contributed by atoms with Crippen molar-refractivity contribution < 1.29 is 19.1 Å². The molecule has 1 fully saturated rings. The van der Waals surface area contributed by atoms with Crippen molar-refractivity contribution in [2.45, 2.75) is 12.6 Å². The lowest BCUT2D eigenvalue weighted by Crippen LogP contribution is -2.46. The van der Waals surface area contributed by atoms with Crippen LogP contribution in [0.15, 0.2) is 66.7 Å². The second-order valence-electron chi connectivity index (χ2n) is 7.94. The van der Waals surface area contributed by atoms with E-state index in [4.69, 9.17) is 9.47 Å². The fourth-order valence-corrected chi connectivity index (χ4v) is 4.24. The van der Waals surface area contributed by atoms with Gasteiger partial charge in [0.2, 0.25) is 0 Å². The first-order valence-electron chi connectivity index (χ1n) is 11.1. The number of nitrogens with one attached hydrogen (secondary N) is 2. The Kier molecular flexibility index (Phi) is 7.55. The monoisotopic (exact) mass is 447 g/mol. The van der Waals surface area contributed by atoms with E-state index in [1.807, 2.05) is 42.5 Å². The van der Waals surface area contributed by atoms with Crippen LogP contribution in [0, 0.1) is 0 Å². The van der Waals surface area contributed by atoms with Crippen LogP contribution in [-0.2, 0) is 20.9 Å². The van der Waals surface area contributed by atoms with Crippen molar-refractivity contribution >= 4 is 22.6 Å². The van der Waals surface area contributed by atoms with Crippen LogP contribution >= 0.6 is 0 Å². The number of methoxy groups -OCH3 is 1. The number of amides is 2. The molecule has 33 heavy (non-hydrogen) atoms. The van der Waals surface area contributed by atoms with E-state index < -0.39 is 11.8 Å². The highest BCUT2D eigenvalue weighted by molar-refractivity contribution is 6.35. The number of hydrogen-bond donors (Lipinski definition) is 2. The van der Waals surface area contributed by atoms with E-state index in [0.717, 1.165) is 35.0 Å². The Morgan fingerprint density at radius 2 is 1.64 bits per heavy atom. The van der Waals surface area contributed by atoms with Crippen LogP contribution in [-0.4, -0.2) is 56.7 Å². The molecule has 0 aliphatic carbocycles. The Morgan fingerprint density at radius 1 is 0.939 bits per heavy atom. The van der Waals surface area contributed by atoms with Gasteiger partial charge in [0, 0.05) is 31.7 Å². The Bertz CT molecular complexity index is 1110. The maximum absolute atomic E-state index is 12.6. The van der Waals surface area contributed by atoms with Crippen LogP contribution < -0.4 is 15.4 Å². The van der Waals surface area contributed by atoms with Crippen molar-refractivity contribution in [3.05, 3.63) is 77.9 Å². The summed E-state index contributed by atoms with van der Waals surface area (Å²) in [6.07, 6.45) is 0. The highest BCUT2D eigenvalue weighted by Gasteiger charge is 2.25. The van der Waals surface area contributed by atoms with Gasteiger partial charge >= 0.3 is 11.8 Å². The first-order valence-corrected chi connectivity index (χ1v) is 11.1. The lowest BCUT2D eigenvalue weighted by atomic mass is 9.97. The number of fused-ring (bicyclic) bond motifs is 1. The Hall–Kier alpha value is -3.42. The van der Waals surface area contributed by atoms with Gasteiger partial charge in [-0.2, -0.15) is 0 Å². The molecule has 0 bridgehead atoms. The number of carbonyl (C=O) groups excluding carboxylic acids is 2. The van der Waals surface area contributed by atoms with Crippen molar-refractivity contribution in [2.24, 2.45) is 0 Å². The van der Waals surface area contributed by atoms with Crippen molar-refractivity contribution in [2.75, 3.05) is 40.0 Å². The summed E-state index contributed by atoms with van der Waals surface area (Å²) in [6.45, 7) is 3.37. The van der Waals surface area contributed by atoms with Gasteiger partial charge in [-0.3, -0.25) is 14.5 Å². The van der Waals surface area contributed by atoms with E-state index in [-0.39, 0.29) is 12.6 Å². The molecule has 172 valence electrons. The molecular weight excluding hydrogens is 418 g/mol. The van der Waals surface area contributed by atoms with Crippen molar-refractivity contribution in [3.63, 3.8) is 0 Å². The van der Waals surface area contributed by atoms with Gasteiger partial charge in [0.1, 0.15) is 5.75 Å². The van der Waals surface area contributed by atoms with Gasteiger partial charge in [-0.25, -0.2) is 0 Å². The highest BCUT2D eigenvalue weighted by Crippen LogP contribution is 2.28. The molecule has 0 radical (unpaired) electrons.